The van der Waals surface area contributed by atoms with Crippen molar-refractivity contribution in [2.24, 2.45) is 10.8 Å². The fourth-order valence-electron chi connectivity index (χ4n) is 2.47. The quantitative estimate of drug-likeness (QED) is 0.332. The highest BCUT2D eigenvalue weighted by molar-refractivity contribution is 5.93. The van der Waals surface area contributed by atoms with Gasteiger partial charge in [-0.1, -0.05) is 0 Å². The fraction of sp³-hybridized carbons (Fsp3) is 0.533. The molecule has 0 saturated carbocycles. The Kier molecular flexibility index (Phi) is 5.83. The highest BCUT2D eigenvalue weighted by atomic mass is 16.5. The SMILES string of the molecule is COCC(C)N=C(NN)Nc1ccc(N2CCCC2)cc1. The molecule has 2 rings (SSSR count). The minimum Gasteiger partial charge on any atom is -0.382 e. The molecule has 21 heavy (non-hydrogen) atoms. The Morgan fingerprint density at radius 1 is 1.33 bits per heavy atom. The summed E-state index contributed by atoms with van der Waals surface area (Å²) in [6.07, 6.45) is 2.57. The molecule has 1 aromatic rings. The molecule has 1 atom stereocenters. The van der Waals surface area contributed by atoms with Crippen molar-refractivity contribution < 1.29 is 4.74 Å². The Hall–Kier alpha value is -1.79. The average molecular weight is 291 g/mol. The van der Waals surface area contributed by atoms with E-state index in [0.29, 0.717) is 12.6 Å². The standard InChI is InChI=1S/C15H25N5O/c1-12(11-21-2)17-15(19-16)18-13-5-7-14(8-6-13)20-9-3-4-10-20/h5-8,12H,3-4,9-11,16H2,1-2H3,(H2,17,18,19). The molecule has 1 unspecified atom stereocenters. The van der Waals surface area contributed by atoms with Crippen LogP contribution < -0.4 is 21.5 Å². The summed E-state index contributed by atoms with van der Waals surface area (Å²) in [5, 5.41) is 3.18. The number of ether oxygens (including phenoxy) is 1. The lowest BCUT2D eigenvalue weighted by Crippen LogP contribution is -2.37. The van der Waals surface area contributed by atoms with Crippen LogP contribution in [-0.4, -0.2) is 38.8 Å². The van der Waals surface area contributed by atoms with E-state index in [-0.39, 0.29) is 6.04 Å². The van der Waals surface area contributed by atoms with Gasteiger partial charge in [-0.05, 0) is 44.0 Å². The van der Waals surface area contributed by atoms with Crippen molar-refractivity contribution in [3.63, 3.8) is 0 Å². The Morgan fingerprint density at radius 2 is 2.00 bits per heavy atom. The van der Waals surface area contributed by atoms with Crippen LogP contribution in [0.4, 0.5) is 11.4 Å². The van der Waals surface area contributed by atoms with E-state index in [4.69, 9.17) is 10.6 Å². The van der Waals surface area contributed by atoms with Crippen LogP contribution in [0.3, 0.4) is 0 Å². The van der Waals surface area contributed by atoms with Gasteiger partial charge < -0.3 is 15.0 Å². The Morgan fingerprint density at radius 3 is 2.57 bits per heavy atom. The van der Waals surface area contributed by atoms with E-state index in [1.807, 2.05) is 19.1 Å². The summed E-state index contributed by atoms with van der Waals surface area (Å²) in [6, 6.07) is 8.38. The maximum Gasteiger partial charge on any atom is 0.210 e. The van der Waals surface area contributed by atoms with Crippen molar-refractivity contribution in [2.75, 3.05) is 37.0 Å². The molecule has 6 heteroatoms. The first kappa shape index (κ1) is 15.6. The number of nitrogens with two attached hydrogens (primary N) is 1. The van der Waals surface area contributed by atoms with Crippen molar-refractivity contribution in [3.8, 4) is 0 Å². The minimum absolute atomic E-state index is 0.0393. The number of nitrogens with one attached hydrogen (secondary N) is 2. The van der Waals surface area contributed by atoms with Crippen molar-refractivity contribution in [1.82, 2.24) is 5.43 Å². The molecular weight excluding hydrogens is 266 g/mol. The second-order valence-electron chi connectivity index (χ2n) is 5.29. The van der Waals surface area contributed by atoms with Crippen molar-refractivity contribution in [1.29, 1.82) is 0 Å². The molecule has 1 aliphatic rings. The van der Waals surface area contributed by atoms with E-state index in [1.165, 1.54) is 18.5 Å². The summed E-state index contributed by atoms with van der Waals surface area (Å²) in [5.74, 6) is 6.04. The first-order chi connectivity index (χ1) is 10.2. The monoisotopic (exact) mass is 291 g/mol. The summed E-state index contributed by atoms with van der Waals surface area (Å²) < 4.78 is 5.06. The van der Waals surface area contributed by atoms with Gasteiger partial charge in [-0.3, -0.25) is 5.43 Å². The lowest BCUT2D eigenvalue weighted by atomic mass is 10.2. The summed E-state index contributed by atoms with van der Waals surface area (Å²) in [5.41, 5.74) is 4.81. The van der Waals surface area contributed by atoms with Crippen LogP contribution in [0.5, 0.6) is 0 Å². The zero-order valence-electron chi connectivity index (χ0n) is 12.8. The van der Waals surface area contributed by atoms with Crippen LogP contribution in [-0.2, 0) is 4.74 Å². The molecule has 1 saturated heterocycles. The predicted molar refractivity (Wildman–Crippen MR) is 87.6 cm³/mol. The van der Waals surface area contributed by atoms with Gasteiger partial charge in [-0.2, -0.15) is 0 Å². The first-order valence-electron chi connectivity index (χ1n) is 7.38. The molecular formula is C15H25N5O. The Labute approximate surface area is 126 Å². The third-order valence-electron chi connectivity index (χ3n) is 3.50. The van der Waals surface area contributed by atoms with Gasteiger partial charge in [0.25, 0.3) is 0 Å². The molecule has 1 aliphatic heterocycles. The lowest BCUT2D eigenvalue weighted by Gasteiger charge is -2.18. The fourth-order valence-corrected chi connectivity index (χ4v) is 2.47. The normalized spacial score (nSPS) is 16.9. The van der Waals surface area contributed by atoms with E-state index >= 15 is 0 Å². The molecule has 0 aromatic heterocycles. The maximum atomic E-state index is 5.50. The van der Waals surface area contributed by atoms with Crippen LogP contribution in [0.25, 0.3) is 0 Å². The highest BCUT2D eigenvalue weighted by Gasteiger charge is 2.11. The summed E-state index contributed by atoms with van der Waals surface area (Å²) in [6.45, 7) is 4.83. The van der Waals surface area contributed by atoms with Crippen LogP contribution in [0.15, 0.2) is 29.3 Å². The third kappa shape index (κ3) is 4.61. The van der Waals surface area contributed by atoms with Crippen LogP contribution in [0.1, 0.15) is 19.8 Å². The third-order valence-corrected chi connectivity index (χ3v) is 3.50. The van der Waals surface area contributed by atoms with Gasteiger partial charge in [0.15, 0.2) is 0 Å². The molecule has 116 valence electrons. The molecule has 0 spiro atoms. The first-order valence-corrected chi connectivity index (χ1v) is 7.38. The molecule has 0 aliphatic carbocycles. The number of benzene rings is 1. The second kappa shape index (κ2) is 7.85. The maximum absolute atomic E-state index is 5.50. The molecule has 1 fully saturated rings. The van der Waals surface area contributed by atoms with Gasteiger partial charge in [-0.15, -0.1) is 0 Å². The summed E-state index contributed by atoms with van der Waals surface area (Å²) >= 11 is 0. The van der Waals surface area contributed by atoms with Crippen LogP contribution in [0.2, 0.25) is 0 Å². The van der Waals surface area contributed by atoms with E-state index < -0.39 is 0 Å². The lowest BCUT2D eigenvalue weighted by molar-refractivity contribution is 0.185. The van der Waals surface area contributed by atoms with Gasteiger partial charge in [-0.25, -0.2) is 10.8 Å². The molecule has 6 nitrogen and oxygen atoms in total. The van der Waals surface area contributed by atoms with Crippen molar-refractivity contribution in [2.45, 2.75) is 25.8 Å². The van der Waals surface area contributed by atoms with Gasteiger partial charge >= 0.3 is 0 Å². The molecule has 1 heterocycles. The van der Waals surface area contributed by atoms with Gasteiger partial charge in [0.05, 0.1) is 12.6 Å². The zero-order valence-corrected chi connectivity index (χ0v) is 12.8. The molecule has 0 radical (unpaired) electrons. The highest BCUT2D eigenvalue weighted by Crippen LogP contribution is 2.21. The average Bonchev–Trinajstić information content (AvgIpc) is 3.02. The minimum atomic E-state index is 0.0393. The number of guanidine groups is 1. The molecule has 0 bridgehead atoms. The number of nitrogens with zero attached hydrogens (tertiary/aromatic N) is 2. The number of rotatable bonds is 5. The van der Waals surface area contributed by atoms with E-state index in [1.54, 1.807) is 7.11 Å². The number of anilines is 2. The number of hydrazine groups is 1. The predicted octanol–water partition coefficient (Wildman–Crippen LogP) is 1.55. The van der Waals surface area contributed by atoms with Gasteiger partial charge in [0, 0.05) is 31.6 Å². The van der Waals surface area contributed by atoms with E-state index in [2.05, 4.69) is 32.8 Å². The molecule has 4 N–H and O–H groups in total. The van der Waals surface area contributed by atoms with Crippen LogP contribution in [0, 0.1) is 0 Å². The second-order valence-corrected chi connectivity index (χ2v) is 5.29. The Balaban J connectivity index is 1.97. The number of hydrogen-bond acceptors (Lipinski definition) is 4. The van der Waals surface area contributed by atoms with Crippen molar-refractivity contribution >= 4 is 17.3 Å². The smallest absolute Gasteiger partial charge is 0.210 e. The van der Waals surface area contributed by atoms with E-state index in [0.717, 1.165) is 18.8 Å². The van der Waals surface area contributed by atoms with Gasteiger partial charge in [0.2, 0.25) is 5.96 Å². The summed E-state index contributed by atoms with van der Waals surface area (Å²) in [4.78, 5) is 6.82. The van der Waals surface area contributed by atoms with E-state index in [9.17, 15) is 0 Å². The van der Waals surface area contributed by atoms with Crippen molar-refractivity contribution in [3.05, 3.63) is 24.3 Å². The number of aliphatic imine (C=N–C) groups is 1. The number of methoxy groups -OCH3 is 1. The molecule has 0 amide bonds. The van der Waals surface area contributed by atoms with Crippen LogP contribution >= 0.6 is 0 Å². The summed E-state index contributed by atoms with van der Waals surface area (Å²) in [7, 11) is 1.66. The van der Waals surface area contributed by atoms with Gasteiger partial charge in [0.1, 0.15) is 0 Å². The Bertz CT molecular complexity index is 454. The number of hydrogen-bond donors (Lipinski definition) is 3. The zero-order chi connectivity index (χ0) is 15.1. The largest absolute Gasteiger partial charge is 0.382 e. The topological polar surface area (TPSA) is 74.9 Å². The molecule has 1 aromatic carbocycles.